The van der Waals surface area contributed by atoms with Crippen molar-refractivity contribution in [3.8, 4) is 0 Å². The molecule has 0 aliphatic carbocycles. The first-order chi connectivity index (χ1) is 15.3. The van der Waals surface area contributed by atoms with Crippen LogP contribution in [0.4, 0.5) is 14.5 Å². The Kier molecular flexibility index (Phi) is 7.44. The van der Waals surface area contributed by atoms with E-state index in [1.54, 1.807) is 31.2 Å². The normalized spacial score (nSPS) is 19.3. The first-order valence-electron chi connectivity index (χ1n) is 9.71. The molecular weight excluding hydrogens is 424 g/mol. The molecule has 1 aromatic heterocycles. The molecule has 2 N–H and O–H groups in total. The van der Waals surface area contributed by atoms with Crippen LogP contribution in [0.25, 0.3) is 0 Å². The van der Waals surface area contributed by atoms with Gasteiger partial charge in [0, 0.05) is 31.4 Å². The van der Waals surface area contributed by atoms with E-state index in [4.69, 9.17) is 4.74 Å². The summed E-state index contributed by atoms with van der Waals surface area (Å²) >= 11 is 0. The van der Waals surface area contributed by atoms with Gasteiger partial charge in [0.2, 0.25) is 0 Å². The zero-order valence-corrected chi connectivity index (χ0v) is 17.5. The van der Waals surface area contributed by atoms with Crippen molar-refractivity contribution in [1.82, 2.24) is 15.1 Å². The molecule has 0 bridgehead atoms. The lowest BCUT2D eigenvalue weighted by Crippen LogP contribution is -2.43. The number of aryl methyl sites for hydroxylation is 1. The number of carbonyl (C=O) groups excluding carboxylic acids is 2. The van der Waals surface area contributed by atoms with Crippen molar-refractivity contribution in [2.24, 2.45) is 12.1 Å². The molecule has 1 aliphatic heterocycles. The Morgan fingerprint density at radius 2 is 2.09 bits per heavy atom. The summed E-state index contributed by atoms with van der Waals surface area (Å²) in [4.78, 5) is 24.3. The number of benzene rings is 1. The molecule has 0 spiro atoms. The molecule has 1 saturated heterocycles. The SMILES string of the molecule is CN(/N=C(\C=C(/C=O)C(=O)NC1COCC1O)c1ccc(C(F)F)cc1)c1cnn(C)c1. The van der Waals surface area contributed by atoms with Gasteiger partial charge in [0.25, 0.3) is 12.3 Å². The fraction of sp³-hybridized carbons (Fsp3) is 0.333. The van der Waals surface area contributed by atoms with Crippen molar-refractivity contribution in [3.63, 3.8) is 0 Å². The van der Waals surface area contributed by atoms with Gasteiger partial charge in [0.15, 0.2) is 6.29 Å². The number of alkyl halides is 2. The summed E-state index contributed by atoms with van der Waals surface area (Å²) in [5.74, 6) is -0.713. The molecule has 0 saturated carbocycles. The van der Waals surface area contributed by atoms with Crippen LogP contribution in [-0.4, -0.2) is 65.2 Å². The van der Waals surface area contributed by atoms with E-state index in [1.165, 1.54) is 35.4 Å². The minimum atomic E-state index is -2.63. The number of allylic oxidation sites excluding steroid dienone is 1. The third-order valence-electron chi connectivity index (χ3n) is 4.83. The molecule has 11 heteroatoms. The summed E-state index contributed by atoms with van der Waals surface area (Å²) in [6, 6.07) is 4.72. The summed E-state index contributed by atoms with van der Waals surface area (Å²) in [7, 11) is 3.38. The second-order valence-electron chi connectivity index (χ2n) is 7.21. The highest BCUT2D eigenvalue weighted by Crippen LogP contribution is 2.20. The summed E-state index contributed by atoms with van der Waals surface area (Å²) in [5.41, 5.74) is 0.826. The molecule has 1 amide bonds. The molecule has 1 fully saturated rings. The standard InChI is InChI=1S/C21H23F2N5O4/c1-27-9-16(8-24-27)28(2)26-17(13-3-5-14(6-4-13)20(22)23)7-15(10-29)21(31)25-18-11-32-12-19(18)30/h3-10,18-20,30H,11-12H2,1-2H3,(H,25,31)/b15-7+,26-17+. The van der Waals surface area contributed by atoms with Crippen molar-refractivity contribution in [2.45, 2.75) is 18.6 Å². The molecule has 2 aromatic rings. The topological polar surface area (TPSA) is 109 Å². The first-order valence-corrected chi connectivity index (χ1v) is 9.71. The maximum Gasteiger partial charge on any atom is 0.263 e. The number of hydrazone groups is 1. The number of hydrogen-bond acceptors (Lipinski definition) is 7. The number of aldehydes is 1. The van der Waals surface area contributed by atoms with Gasteiger partial charge < -0.3 is 15.2 Å². The number of nitrogens with one attached hydrogen (secondary N) is 1. The van der Waals surface area contributed by atoms with Gasteiger partial charge in [-0.05, 0) is 6.08 Å². The van der Waals surface area contributed by atoms with Gasteiger partial charge in [-0.15, -0.1) is 0 Å². The lowest BCUT2D eigenvalue weighted by atomic mass is 10.0. The van der Waals surface area contributed by atoms with E-state index in [0.29, 0.717) is 17.5 Å². The van der Waals surface area contributed by atoms with E-state index in [-0.39, 0.29) is 30.1 Å². The number of aliphatic hydroxyl groups excluding tert-OH is 1. The van der Waals surface area contributed by atoms with Crippen LogP contribution in [0, 0.1) is 0 Å². The Labute approximate surface area is 183 Å². The van der Waals surface area contributed by atoms with E-state index in [0.717, 1.165) is 0 Å². The minimum Gasteiger partial charge on any atom is -0.388 e. The fourth-order valence-electron chi connectivity index (χ4n) is 3.00. The predicted octanol–water partition coefficient (Wildman–Crippen LogP) is 1.20. The van der Waals surface area contributed by atoms with Crippen LogP contribution in [0.2, 0.25) is 0 Å². The summed E-state index contributed by atoms with van der Waals surface area (Å²) < 4.78 is 32.6. The number of rotatable bonds is 8. The molecule has 1 aliphatic rings. The molecule has 9 nitrogen and oxygen atoms in total. The van der Waals surface area contributed by atoms with Crippen LogP contribution < -0.4 is 10.3 Å². The number of carbonyl (C=O) groups is 2. The minimum absolute atomic E-state index is 0.0875. The lowest BCUT2D eigenvalue weighted by molar-refractivity contribution is -0.120. The van der Waals surface area contributed by atoms with Crippen molar-refractivity contribution in [1.29, 1.82) is 0 Å². The second kappa shape index (κ2) is 10.2. The highest BCUT2D eigenvalue weighted by atomic mass is 19.3. The van der Waals surface area contributed by atoms with E-state index < -0.39 is 24.5 Å². The van der Waals surface area contributed by atoms with Crippen molar-refractivity contribution in [2.75, 3.05) is 25.3 Å². The number of anilines is 1. The maximum atomic E-state index is 12.9. The van der Waals surface area contributed by atoms with Crippen LogP contribution in [0.15, 0.2) is 53.4 Å². The summed E-state index contributed by atoms with van der Waals surface area (Å²) in [5, 5.41) is 22.4. The molecule has 2 heterocycles. The average molecular weight is 447 g/mol. The lowest BCUT2D eigenvalue weighted by Gasteiger charge is -2.15. The van der Waals surface area contributed by atoms with Gasteiger partial charge in [-0.3, -0.25) is 19.3 Å². The zero-order chi connectivity index (χ0) is 23.3. The Morgan fingerprint density at radius 1 is 1.38 bits per heavy atom. The number of nitrogens with zero attached hydrogens (tertiary/aromatic N) is 4. The van der Waals surface area contributed by atoms with Gasteiger partial charge in [-0.25, -0.2) is 8.78 Å². The largest absolute Gasteiger partial charge is 0.388 e. The van der Waals surface area contributed by atoms with E-state index >= 15 is 0 Å². The number of amides is 1. The average Bonchev–Trinajstić information content (AvgIpc) is 3.39. The molecule has 2 atom stereocenters. The number of hydrogen-bond donors (Lipinski definition) is 2. The van der Waals surface area contributed by atoms with Crippen LogP contribution in [-0.2, 0) is 21.4 Å². The zero-order valence-electron chi connectivity index (χ0n) is 17.5. The highest BCUT2D eigenvalue weighted by Gasteiger charge is 2.28. The Morgan fingerprint density at radius 3 is 2.62 bits per heavy atom. The molecule has 1 aromatic carbocycles. The Hall–Kier alpha value is -3.44. The van der Waals surface area contributed by atoms with Gasteiger partial charge >= 0.3 is 0 Å². The Bertz CT molecular complexity index is 1020. The van der Waals surface area contributed by atoms with Crippen LogP contribution in [0.5, 0.6) is 0 Å². The van der Waals surface area contributed by atoms with Gasteiger partial charge in [0.05, 0.1) is 48.5 Å². The molecule has 32 heavy (non-hydrogen) atoms. The quantitative estimate of drug-likeness (QED) is 0.157. The molecule has 0 radical (unpaired) electrons. The van der Waals surface area contributed by atoms with Crippen molar-refractivity contribution in [3.05, 3.63) is 59.4 Å². The maximum absolute atomic E-state index is 12.9. The molecule has 2 unspecified atom stereocenters. The van der Waals surface area contributed by atoms with E-state index in [2.05, 4.69) is 15.5 Å². The number of aliphatic hydroxyl groups is 1. The summed E-state index contributed by atoms with van der Waals surface area (Å²) in [6.07, 6.45) is 1.39. The van der Waals surface area contributed by atoms with Crippen molar-refractivity contribution < 1.29 is 28.2 Å². The van der Waals surface area contributed by atoms with Gasteiger partial charge in [-0.1, -0.05) is 24.3 Å². The fourth-order valence-corrected chi connectivity index (χ4v) is 3.00. The molecular formula is C21H23F2N5O4. The van der Waals surface area contributed by atoms with Crippen LogP contribution >= 0.6 is 0 Å². The molecule has 170 valence electrons. The predicted molar refractivity (Wildman–Crippen MR) is 112 cm³/mol. The molecule has 3 rings (SSSR count). The van der Waals surface area contributed by atoms with E-state index in [1.807, 2.05) is 0 Å². The Balaban J connectivity index is 1.95. The van der Waals surface area contributed by atoms with Crippen LogP contribution in [0.1, 0.15) is 17.6 Å². The van der Waals surface area contributed by atoms with Crippen LogP contribution in [0.3, 0.4) is 0 Å². The number of aromatic nitrogens is 2. The third kappa shape index (κ3) is 5.62. The smallest absolute Gasteiger partial charge is 0.263 e. The monoisotopic (exact) mass is 447 g/mol. The summed E-state index contributed by atoms with van der Waals surface area (Å²) in [6.45, 7) is 0.211. The second-order valence-corrected chi connectivity index (χ2v) is 7.21. The number of ether oxygens (including phenoxy) is 1. The van der Waals surface area contributed by atoms with Gasteiger partial charge in [-0.2, -0.15) is 10.2 Å². The first kappa shape index (κ1) is 23.2. The highest BCUT2D eigenvalue weighted by molar-refractivity contribution is 6.19. The third-order valence-corrected chi connectivity index (χ3v) is 4.83. The number of halogens is 2. The van der Waals surface area contributed by atoms with E-state index in [9.17, 15) is 23.5 Å². The van der Waals surface area contributed by atoms with Crippen molar-refractivity contribution >= 4 is 23.6 Å². The van der Waals surface area contributed by atoms with Gasteiger partial charge in [0.1, 0.15) is 0 Å².